The Bertz CT molecular complexity index is 509. The number of carbonyl (C=O) groups excluding carboxylic acids is 1. The summed E-state index contributed by atoms with van der Waals surface area (Å²) in [4.78, 5) is 12.0. The second-order valence-electron chi connectivity index (χ2n) is 5.06. The molecule has 0 spiro atoms. The van der Waals surface area contributed by atoms with Crippen LogP contribution in [0.2, 0.25) is 0 Å². The monoisotopic (exact) mass is 335 g/mol. The van der Waals surface area contributed by atoms with Crippen LogP contribution in [-0.2, 0) is 6.18 Å². The molecule has 0 radical (unpaired) electrons. The lowest BCUT2D eigenvalue weighted by Crippen LogP contribution is -2.51. The molecule has 1 fully saturated rings. The van der Waals surface area contributed by atoms with Crippen molar-refractivity contribution in [2.45, 2.75) is 37.9 Å². The lowest BCUT2D eigenvalue weighted by molar-refractivity contribution is -0.137. The molecule has 0 unspecified atom stereocenters. The summed E-state index contributed by atoms with van der Waals surface area (Å²) in [6.45, 7) is 1.90. The fourth-order valence-corrected chi connectivity index (χ4v) is 2.48. The maximum atomic E-state index is 12.6. The number of rotatable bonds is 2. The Morgan fingerprint density at radius 1 is 1.37 bits per heavy atom. The van der Waals surface area contributed by atoms with Crippen molar-refractivity contribution in [1.29, 1.82) is 0 Å². The second-order valence-corrected chi connectivity index (χ2v) is 5.92. The molecule has 6 heteroatoms. The van der Waals surface area contributed by atoms with Crippen molar-refractivity contribution in [3.63, 3.8) is 0 Å². The molecule has 1 N–H and O–H groups in total. The summed E-state index contributed by atoms with van der Waals surface area (Å²) in [7, 11) is 0. The van der Waals surface area contributed by atoms with Crippen LogP contribution < -0.4 is 5.32 Å². The van der Waals surface area contributed by atoms with Crippen LogP contribution in [0.1, 0.15) is 42.1 Å². The largest absolute Gasteiger partial charge is 0.416 e. The molecular formula is C13H13BrF3NO. The van der Waals surface area contributed by atoms with Crippen LogP contribution in [0.3, 0.4) is 0 Å². The molecule has 0 atom stereocenters. The first-order chi connectivity index (χ1) is 8.71. The molecule has 2 rings (SSSR count). The molecule has 1 aromatic carbocycles. The van der Waals surface area contributed by atoms with Gasteiger partial charge in [-0.25, -0.2) is 0 Å². The predicted molar refractivity (Wildman–Crippen MR) is 68.9 cm³/mol. The van der Waals surface area contributed by atoms with E-state index in [0.717, 1.165) is 31.4 Å². The summed E-state index contributed by atoms with van der Waals surface area (Å²) in [5.41, 5.74) is -1.09. The van der Waals surface area contributed by atoms with Crippen molar-refractivity contribution in [3.05, 3.63) is 33.8 Å². The van der Waals surface area contributed by atoms with Gasteiger partial charge in [-0.3, -0.25) is 4.79 Å². The molecule has 1 amide bonds. The Kier molecular flexibility index (Phi) is 3.64. The summed E-state index contributed by atoms with van der Waals surface area (Å²) in [5, 5.41) is 2.79. The lowest BCUT2D eigenvalue weighted by Gasteiger charge is -2.39. The number of halogens is 4. The average Bonchev–Trinajstić information content (AvgIpc) is 2.25. The standard InChI is InChI=1S/C13H13BrF3NO/c1-12(5-2-6-12)18-11(19)9-7-8(13(15,16)17)3-4-10(9)14/h3-4,7H,2,5-6H2,1H3,(H,18,19). The highest BCUT2D eigenvalue weighted by Crippen LogP contribution is 2.34. The molecule has 2 nitrogen and oxygen atoms in total. The first kappa shape index (κ1) is 14.4. The molecule has 1 aliphatic rings. The molecule has 0 aromatic heterocycles. The Labute approximate surface area is 117 Å². The summed E-state index contributed by atoms with van der Waals surface area (Å²) >= 11 is 3.12. The number of hydrogen-bond donors (Lipinski definition) is 1. The highest BCUT2D eigenvalue weighted by molar-refractivity contribution is 9.10. The van der Waals surface area contributed by atoms with Crippen LogP contribution >= 0.6 is 15.9 Å². The third-order valence-corrected chi connectivity index (χ3v) is 4.10. The van der Waals surface area contributed by atoms with Crippen molar-refractivity contribution in [1.82, 2.24) is 5.32 Å². The van der Waals surface area contributed by atoms with Crippen LogP contribution in [0.5, 0.6) is 0 Å². The third kappa shape index (κ3) is 3.11. The quantitative estimate of drug-likeness (QED) is 0.864. The van der Waals surface area contributed by atoms with E-state index in [1.165, 1.54) is 6.07 Å². The fraction of sp³-hybridized carbons (Fsp3) is 0.462. The van der Waals surface area contributed by atoms with Gasteiger partial charge in [0.05, 0.1) is 11.1 Å². The zero-order chi connectivity index (χ0) is 14.3. The van der Waals surface area contributed by atoms with Crippen LogP contribution in [0, 0.1) is 0 Å². The summed E-state index contributed by atoms with van der Waals surface area (Å²) in [6, 6.07) is 3.08. The highest BCUT2D eigenvalue weighted by Gasteiger charge is 2.35. The van der Waals surface area contributed by atoms with Gasteiger partial charge in [-0.05, 0) is 60.3 Å². The first-order valence-electron chi connectivity index (χ1n) is 5.91. The van der Waals surface area contributed by atoms with Crippen molar-refractivity contribution in [2.24, 2.45) is 0 Å². The molecule has 1 aromatic rings. The molecule has 1 aliphatic carbocycles. The fourth-order valence-electron chi connectivity index (χ4n) is 2.05. The van der Waals surface area contributed by atoms with E-state index in [1.54, 1.807) is 0 Å². The van der Waals surface area contributed by atoms with Gasteiger partial charge in [0.2, 0.25) is 0 Å². The third-order valence-electron chi connectivity index (χ3n) is 3.41. The Morgan fingerprint density at radius 2 is 2.00 bits per heavy atom. The molecule has 0 aliphatic heterocycles. The Hall–Kier alpha value is -1.04. The Balaban J connectivity index is 2.25. The van der Waals surface area contributed by atoms with E-state index in [2.05, 4.69) is 21.2 Å². The lowest BCUT2D eigenvalue weighted by atomic mass is 9.78. The minimum Gasteiger partial charge on any atom is -0.347 e. The Morgan fingerprint density at radius 3 is 2.47 bits per heavy atom. The average molecular weight is 336 g/mol. The molecule has 0 bridgehead atoms. The van der Waals surface area contributed by atoms with E-state index in [0.29, 0.717) is 4.47 Å². The molecule has 19 heavy (non-hydrogen) atoms. The first-order valence-corrected chi connectivity index (χ1v) is 6.70. The SMILES string of the molecule is CC1(NC(=O)c2cc(C(F)(F)F)ccc2Br)CCC1. The summed E-state index contributed by atoms with van der Waals surface area (Å²) in [5.74, 6) is -0.472. The molecule has 104 valence electrons. The van der Waals surface area contributed by atoms with Gasteiger partial charge in [-0.15, -0.1) is 0 Å². The zero-order valence-electron chi connectivity index (χ0n) is 10.3. The number of benzene rings is 1. The van der Waals surface area contributed by atoms with Crippen LogP contribution in [-0.4, -0.2) is 11.4 Å². The normalized spacial score (nSPS) is 17.7. The number of amides is 1. The number of nitrogens with one attached hydrogen (secondary N) is 1. The van der Waals surface area contributed by atoms with E-state index in [-0.39, 0.29) is 11.1 Å². The van der Waals surface area contributed by atoms with Crippen molar-refractivity contribution in [3.8, 4) is 0 Å². The van der Waals surface area contributed by atoms with Gasteiger partial charge in [0.15, 0.2) is 0 Å². The minimum absolute atomic E-state index is 0.0166. The van der Waals surface area contributed by atoms with Gasteiger partial charge in [0.25, 0.3) is 5.91 Å². The number of hydrogen-bond acceptors (Lipinski definition) is 1. The van der Waals surface area contributed by atoms with Crippen LogP contribution in [0.25, 0.3) is 0 Å². The molecule has 0 saturated heterocycles. The minimum atomic E-state index is -4.45. The van der Waals surface area contributed by atoms with E-state index in [9.17, 15) is 18.0 Å². The van der Waals surface area contributed by atoms with E-state index in [4.69, 9.17) is 0 Å². The van der Waals surface area contributed by atoms with E-state index >= 15 is 0 Å². The summed E-state index contributed by atoms with van der Waals surface area (Å²) in [6.07, 6.45) is -1.71. The highest BCUT2D eigenvalue weighted by atomic mass is 79.9. The zero-order valence-corrected chi connectivity index (χ0v) is 11.9. The maximum absolute atomic E-state index is 12.6. The van der Waals surface area contributed by atoms with Crippen molar-refractivity contribution >= 4 is 21.8 Å². The second kappa shape index (κ2) is 4.81. The topological polar surface area (TPSA) is 29.1 Å². The molecule has 0 heterocycles. The molecular weight excluding hydrogens is 323 g/mol. The van der Waals surface area contributed by atoms with Gasteiger partial charge in [0, 0.05) is 10.0 Å². The van der Waals surface area contributed by atoms with Crippen molar-refractivity contribution in [2.75, 3.05) is 0 Å². The number of alkyl halides is 3. The molecule has 1 saturated carbocycles. The van der Waals surface area contributed by atoms with Gasteiger partial charge in [-0.2, -0.15) is 13.2 Å². The van der Waals surface area contributed by atoms with Gasteiger partial charge in [-0.1, -0.05) is 0 Å². The van der Waals surface area contributed by atoms with Crippen LogP contribution in [0.4, 0.5) is 13.2 Å². The van der Waals surface area contributed by atoms with Crippen molar-refractivity contribution < 1.29 is 18.0 Å². The maximum Gasteiger partial charge on any atom is 0.416 e. The van der Waals surface area contributed by atoms with E-state index < -0.39 is 17.6 Å². The summed E-state index contributed by atoms with van der Waals surface area (Å²) < 4.78 is 38.3. The van der Waals surface area contributed by atoms with E-state index in [1.807, 2.05) is 6.92 Å². The van der Waals surface area contributed by atoms with Gasteiger partial charge < -0.3 is 5.32 Å². The smallest absolute Gasteiger partial charge is 0.347 e. The van der Waals surface area contributed by atoms with Crippen LogP contribution in [0.15, 0.2) is 22.7 Å². The number of carbonyl (C=O) groups is 1. The van der Waals surface area contributed by atoms with Gasteiger partial charge >= 0.3 is 6.18 Å². The predicted octanol–water partition coefficient (Wildman–Crippen LogP) is 4.14. The van der Waals surface area contributed by atoms with Gasteiger partial charge in [0.1, 0.15) is 0 Å².